The Bertz CT molecular complexity index is 362. The van der Waals surface area contributed by atoms with E-state index in [1.165, 1.54) is 6.26 Å². The molecule has 0 aliphatic carbocycles. The third-order valence-electron chi connectivity index (χ3n) is 3.82. The molecular weight excluding hydrogens is 266 g/mol. The highest BCUT2D eigenvalue weighted by Crippen LogP contribution is 2.13. The normalized spacial score (nSPS) is 26.1. The topological polar surface area (TPSA) is 61.9 Å². The fourth-order valence-electron chi connectivity index (χ4n) is 2.78. The lowest BCUT2D eigenvalue weighted by Gasteiger charge is -2.29. The molecule has 0 saturated carbocycles. The SMILES string of the molecule is CS(=O)(=O)N(CCCN1CCOCC1)C1CCNC1. The lowest BCUT2D eigenvalue weighted by molar-refractivity contribution is 0.0367. The molecule has 2 fully saturated rings. The molecule has 1 unspecified atom stereocenters. The molecule has 1 atom stereocenters. The Morgan fingerprint density at radius 3 is 2.68 bits per heavy atom. The number of sulfonamides is 1. The van der Waals surface area contributed by atoms with Gasteiger partial charge in [-0.1, -0.05) is 0 Å². The fraction of sp³-hybridized carbons (Fsp3) is 1.00. The summed E-state index contributed by atoms with van der Waals surface area (Å²) < 4.78 is 30.7. The molecule has 0 aromatic carbocycles. The number of ether oxygens (including phenoxy) is 1. The Kier molecular flexibility index (Phi) is 5.58. The minimum atomic E-state index is -3.10. The third-order valence-corrected chi connectivity index (χ3v) is 5.16. The van der Waals surface area contributed by atoms with Gasteiger partial charge in [0.1, 0.15) is 0 Å². The van der Waals surface area contributed by atoms with Crippen LogP contribution in [0.1, 0.15) is 12.8 Å². The van der Waals surface area contributed by atoms with Crippen molar-refractivity contribution >= 4 is 10.0 Å². The van der Waals surface area contributed by atoms with Gasteiger partial charge in [0.25, 0.3) is 0 Å². The zero-order valence-electron chi connectivity index (χ0n) is 11.7. The molecule has 0 bridgehead atoms. The van der Waals surface area contributed by atoms with E-state index in [1.54, 1.807) is 4.31 Å². The zero-order chi connectivity index (χ0) is 13.7. The van der Waals surface area contributed by atoms with Crippen LogP contribution in [0.5, 0.6) is 0 Å². The molecule has 2 aliphatic rings. The summed E-state index contributed by atoms with van der Waals surface area (Å²) in [5, 5.41) is 3.23. The average molecular weight is 291 g/mol. The number of rotatable bonds is 6. The summed E-state index contributed by atoms with van der Waals surface area (Å²) in [6.45, 7) is 6.79. The molecule has 112 valence electrons. The van der Waals surface area contributed by atoms with E-state index in [1.807, 2.05) is 0 Å². The van der Waals surface area contributed by atoms with Crippen LogP contribution >= 0.6 is 0 Å². The monoisotopic (exact) mass is 291 g/mol. The first-order valence-electron chi connectivity index (χ1n) is 7.05. The number of nitrogens with zero attached hydrogens (tertiary/aromatic N) is 2. The van der Waals surface area contributed by atoms with Crippen LogP contribution in [0.15, 0.2) is 0 Å². The smallest absolute Gasteiger partial charge is 0.211 e. The van der Waals surface area contributed by atoms with Gasteiger partial charge in [0.05, 0.1) is 19.5 Å². The maximum Gasteiger partial charge on any atom is 0.211 e. The van der Waals surface area contributed by atoms with Crippen molar-refractivity contribution in [2.24, 2.45) is 0 Å². The molecule has 1 N–H and O–H groups in total. The second-order valence-electron chi connectivity index (χ2n) is 5.33. The van der Waals surface area contributed by atoms with E-state index < -0.39 is 10.0 Å². The Morgan fingerprint density at radius 1 is 1.37 bits per heavy atom. The first-order valence-corrected chi connectivity index (χ1v) is 8.90. The van der Waals surface area contributed by atoms with Gasteiger partial charge in [0, 0.05) is 32.2 Å². The van der Waals surface area contributed by atoms with E-state index in [9.17, 15) is 8.42 Å². The van der Waals surface area contributed by atoms with Crippen LogP contribution in [0, 0.1) is 0 Å². The third kappa shape index (κ3) is 4.68. The van der Waals surface area contributed by atoms with Gasteiger partial charge in [-0.2, -0.15) is 4.31 Å². The van der Waals surface area contributed by atoms with E-state index in [0.717, 1.165) is 58.8 Å². The fourth-order valence-corrected chi connectivity index (χ4v) is 3.96. The van der Waals surface area contributed by atoms with Crippen LogP contribution in [0.3, 0.4) is 0 Å². The predicted molar refractivity (Wildman–Crippen MR) is 74.7 cm³/mol. The van der Waals surface area contributed by atoms with Crippen LogP contribution in [0.25, 0.3) is 0 Å². The van der Waals surface area contributed by atoms with Gasteiger partial charge >= 0.3 is 0 Å². The highest BCUT2D eigenvalue weighted by Gasteiger charge is 2.28. The summed E-state index contributed by atoms with van der Waals surface area (Å²) in [6.07, 6.45) is 3.13. The van der Waals surface area contributed by atoms with Crippen LogP contribution in [-0.2, 0) is 14.8 Å². The summed E-state index contributed by atoms with van der Waals surface area (Å²) in [5.41, 5.74) is 0. The molecule has 2 rings (SSSR count). The van der Waals surface area contributed by atoms with Gasteiger partial charge in [-0.3, -0.25) is 4.90 Å². The molecule has 0 aromatic heterocycles. The number of hydrogen-bond acceptors (Lipinski definition) is 5. The zero-order valence-corrected chi connectivity index (χ0v) is 12.5. The van der Waals surface area contributed by atoms with Crippen molar-refractivity contribution in [2.75, 3.05) is 58.7 Å². The summed E-state index contributed by atoms with van der Waals surface area (Å²) in [5.74, 6) is 0. The molecule has 0 aromatic rings. The van der Waals surface area contributed by atoms with Crippen molar-refractivity contribution < 1.29 is 13.2 Å². The van der Waals surface area contributed by atoms with Crippen molar-refractivity contribution in [2.45, 2.75) is 18.9 Å². The van der Waals surface area contributed by atoms with Gasteiger partial charge in [0.15, 0.2) is 0 Å². The summed E-state index contributed by atoms with van der Waals surface area (Å²) in [4.78, 5) is 2.34. The Balaban J connectivity index is 1.79. The van der Waals surface area contributed by atoms with Crippen molar-refractivity contribution in [3.8, 4) is 0 Å². The molecule has 7 heteroatoms. The molecule has 2 saturated heterocycles. The van der Waals surface area contributed by atoms with Crippen LogP contribution in [-0.4, -0.2) is 82.4 Å². The summed E-state index contributed by atoms with van der Waals surface area (Å²) in [6, 6.07) is 0.139. The second-order valence-corrected chi connectivity index (χ2v) is 7.26. The van der Waals surface area contributed by atoms with Gasteiger partial charge in [-0.15, -0.1) is 0 Å². The molecule has 19 heavy (non-hydrogen) atoms. The van der Waals surface area contributed by atoms with Gasteiger partial charge in [-0.25, -0.2) is 8.42 Å². The number of nitrogens with one attached hydrogen (secondary N) is 1. The van der Waals surface area contributed by atoms with Crippen LogP contribution in [0.4, 0.5) is 0 Å². The summed E-state index contributed by atoms with van der Waals surface area (Å²) in [7, 11) is -3.10. The highest BCUT2D eigenvalue weighted by atomic mass is 32.2. The Labute approximate surface area is 116 Å². The van der Waals surface area contributed by atoms with Crippen molar-refractivity contribution in [1.29, 1.82) is 0 Å². The van der Waals surface area contributed by atoms with E-state index >= 15 is 0 Å². The Hall–Kier alpha value is -0.210. The lowest BCUT2D eigenvalue weighted by Crippen LogP contribution is -2.43. The average Bonchev–Trinajstić information content (AvgIpc) is 2.88. The van der Waals surface area contributed by atoms with Crippen LogP contribution < -0.4 is 5.32 Å². The number of hydrogen-bond donors (Lipinski definition) is 1. The van der Waals surface area contributed by atoms with E-state index in [-0.39, 0.29) is 6.04 Å². The highest BCUT2D eigenvalue weighted by molar-refractivity contribution is 7.88. The maximum atomic E-state index is 11.9. The molecule has 0 radical (unpaired) electrons. The molecule has 2 aliphatic heterocycles. The van der Waals surface area contributed by atoms with Gasteiger partial charge in [0.2, 0.25) is 10.0 Å². The first-order chi connectivity index (χ1) is 9.07. The quantitative estimate of drug-likeness (QED) is 0.703. The standard InChI is InChI=1S/C12H25N3O3S/c1-19(16,17)15(12-3-4-13-11-12)6-2-5-14-7-9-18-10-8-14/h12-13H,2-11H2,1H3. The van der Waals surface area contributed by atoms with Gasteiger partial charge in [-0.05, 0) is 25.9 Å². The Morgan fingerprint density at radius 2 is 2.11 bits per heavy atom. The largest absolute Gasteiger partial charge is 0.379 e. The minimum absolute atomic E-state index is 0.139. The summed E-state index contributed by atoms with van der Waals surface area (Å²) >= 11 is 0. The second kappa shape index (κ2) is 6.99. The predicted octanol–water partition coefficient (Wildman–Crippen LogP) is -0.668. The van der Waals surface area contributed by atoms with Crippen molar-refractivity contribution in [1.82, 2.24) is 14.5 Å². The molecule has 2 heterocycles. The molecule has 6 nitrogen and oxygen atoms in total. The molecular formula is C12H25N3O3S. The maximum absolute atomic E-state index is 11.9. The molecule has 0 spiro atoms. The van der Waals surface area contributed by atoms with Crippen LogP contribution in [0.2, 0.25) is 0 Å². The minimum Gasteiger partial charge on any atom is -0.379 e. The first kappa shape index (κ1) is 15.2. The van der Waals surface area contributed by atoms with E-state index in [0.29, 0.717) is 6.54 Å². The van der Waals surface area contributed by atoms with E-state index in [4.69, 9.17) is 4.74 Å². The number of morpholine rings is 1. The molecule has 0 amide bonds. The van der Waals surface area contributed by atoms with Crippen molar-refractivity contribution in [3.63, 3.8) is 0 Å². The van der Waals surface area contributed by atoms with Gasteiger partial charge < -0.3 is 10.1 Å². The van der Waals surface area contributed by atoms with Crippen molar-refractivity contribution in [3.05, 3.63) is 0 Å². The van der Waals surface area contributed by atoms with E-state index in [2.05, 4.69) is 10.2 Å². The lowest BCUT2D eigenvalue weighted by atomic mass is 10.2.